The highest BCUT2D eigenvalue weighted by atomic mass is 16.2. The molecular formula is C19H30N4O4. The van der Waals surface area contributed by atoms with E-state index in [9.17, 15) is 19.2 Å². The van der Waals surface area contributed by atoms with Crippen molar-refractivity contribution in [3.8, 4) is 0 Å². The number of rotatable bonds is 4. The lowest BCUT2D eigenvalue weighted by Crippen LogP contribution is -2.64. The van der Waals surface area contributed by atoms with Gasteiger partial charge in [0, 0.05) is 71.5 Å². The molecule has 2 unspecified atom stereocenters. The van der Waals surface area contributed by atoms with Gasteiger partial charge < -0.3 is 19.6 Å². The minimum Gasteiger partial charge on any atom is -0.346 e. The summed E-state index contributed by atoms with van der Waals surface area (Å²) in [6.07, 6.45) is 1.96. The summed E-state index contributed by atoms with van der Waals surface area (Å²) in [5.74, 6) is -0.366. The van der Waals surface area contributed by atoms with Gasteiger partial charge >= 0.3 is 0 Å². The number of hydrogen-bond acceptors (Lipinski definition) is 4. The van der Waals surface area contributed by atoms with Gasteiger partial charge in [-0.25, -0.2) is 0 Å². The van der Waals surface area contributed by atoms with Crippen LogP contribution in [-0.2, 0) is 19.2 Å². The number of hydrogen-bond donors (Lipinski definition) is 0. The quantitative estimate of drug-likeness (QED) is 0.678. The molecule has 0 aromatic carbocycles. The second kappa shape index (κ2) is 7.86. The van der Waals surface area contributed by atoms with E-state index in [1.54, 1.807) is 28.8 Å². The van der Waals surface area contributed by atoms with Gasteiger partial charge in [0.05, 0.1) is 6.04 Å². The van der Waals surface area contributed by atoms with Crippen LogP contribution in [0.5, 0.6) is 0 Å². The largest absolute Gasteiger partial charge is 0.346 e. The van der Waals surface area contributed by atoms with E-state index in [4.69, 9.17) is 0 Å². The van der Waals surface area contributed by atoms with Crippen LogP contribution in [0.3, 0.4) is 0 Å². The molecule has 2 atom stereocenters. The highest BCUT2D eigenvalue weighted by molar-refractivity contribution is 5.89. The minimum atomic E-state index is -0.245. The summed E-state index contributed by atoms with van der Waals surface area (Å²) in [4.78, 5) is 56.2. The molecule has 8 heteroatoms. The molecule has 3 heterocycles. The van der Waals surface area contributed by atoms with Crippen LogP contribution in [-0.4, -0.2) is 96.1 Å². The van der Waals surface area contributed by atoms with E-state index in [0.717, 1.165) is 0 Å². The fourth-order valence-corrected chi connectivity index (χ4v) is 4.23. The number of carbonyl (C=O) groups is 4. The van der Waals surface area contributed by atoms with Gasteiger partial charge in [-0.3, -0.25) is 19.2 Å². The molecule has 27 heavy (non-hydrogen) atoms. The predicted molar refractivity (Wildman–Crippen MR) is 98.5 cm³/mol. The van der Waals surface area contributed by atoms with Gasteiger partial charge in [0.15, 0.2) is 0 Å². The molecule has 3 saturated heterocycles. The third-order valence-corrected chi connectivity index (χ3v) is 6.26. The second-order valence-electron chi connectivity index (χ2n) is 8.03. The number of amides is 4. The highest BCUT2D eigenvalue weighted by Gasteiger charge is 2.42. The Morgan fingerprint density at radius 3 is 2.00 bits per heavy atom. The van der Waals surface area contributed by atoms with Crippen LogP contribution in [0.1, 0.15) is 32.6 Å². The molecule has 4 amide bonds. The van der Waals surface area contributed by atoms with E-state index in [-0.39, 0.29) is 54.3 Å². The molecule has 0 radical (unpaired) electrons. The van der Waals surface area contributed by atoms with E-state index in [0.29, 0.717) is 45.6 Å². The van der Waals surface area contributed by atoms with Crippen molar-refractivity contribution in [2.24, 2.45) is 11.8 Å². The Balaban J connectivity index is 1.52. The molecule has 3 aliphatic heterocycles. The first kappa shape index (κ1) is 19.6. The van der Waals surface area contributed by atoms with Crippen molar-refractivity contribution in [3.05, 3.63) is 0 Å². The van der Waals surface area contributed by atoms with Crippen LogP contribution in [0.25, 0.3) is 0 Å². The molecule has 0 N–H and O–H groups in total. The van der Waals surface area contributed by atoms with Gasteiger partial charge in [0.25, 0.3) is 0 Å². The first-order valence-electron chi connectivity index (χ1n) is 9.89. The number of likely N-dealkylation sites (tertiary alicyclic amines) is 3. The minimum absolute atomic E-state index is 0.0168. The summed E-state index contributed by atoms with van der Waals surface area (Å²) in [6, 6.07) is 0.0168. The zero-order chi connectivity index (χ0) is 19.7. The van der Waals surface area contributed by atoms with Crippen molar-refractivity contribution in [2.75, 3.05) is 46.8 Å². The Kier molecular flexibility index (Phi) is 5.72. The summed E-state index contributed by atoms with van der Waals surface area (Å²) < 4.78 is 0. The Morgan fingerprint density at radius 1 is 0.963 bits per heavy atom. The fraction of sp³-hybridized carbons (Fsp3) is 0.789. The van der Waals surface area contributed by atoms with Crippen molar-refractivity contribution in [3.63, 3.8) is 0 Å². The van der Waals surface area contributed by atoms with Crippen molar-refractivity contribution in [2.45, 2.75) is 38.6 Å². The summed E-state index contributed by atoms with van der Waals surface area (Å²) in [7, 11) is 3.53. The zero-order valence-corrected chi connectivity index (χ0v) is 16.5. The third-order valence-electron chi connectivity index (χ3n) is 6.26. The number of nitrogens with zero attached hydrogens (tertiary/aromatic N) is 4. The van der Waals surface area contributed by atoms with Gasteiger partial charge in [-0.05, 0) is 19.8 Å². The number of likely N-dealkylation sites (N-methyl/N-ethyl adjacent to an activating group) is 1. The molecule has 0 aromatic heterocycles. The fourth-order valence-electron chi connectivity index (χ4n) is 4.23. The van der Waals surface area contributed by atoms with Crippen LogP contribution in [0, 0.1) is 11.8 Å². The van der Waals surface area contributed by atoms with Crippen molar-refractivity contribution >= 4 is 23.6 Å². The molecule has 3 aliphatic rings. The molecule has 3 fully saturated rings. The first-order valence-corrected chi connectivity index (χ1v) is 9.89. The lowest BCUT2D eigenvalue weighted by Gasteiger charge is -2.47. The monoisotopic (exact) mass is 378 g/mol. The SMILES string of the molecule is CCN(C(=O)C1CCN(C)C(=O)C1)C1CN(C(=O)C2CCN(C)C(=O)C2)C1. The normalized spacial score (nSPS) is 26.9. The molecule has 0 aromatic rings. The van der Waals surface area contributed by atoms with E-state index in [1.807, 2.05) is 11.8 Å². The zero-order valence-electron chi connectivity index (χ0n) is 16.5. The Labute approximate surface area is 160 Å². The summed E-state index contributed by atoms with van der Waals surface area (Å²) in [5.41, 5.74) is 0. The van der Waals surface area contributed by atoms with Gasteiger partial charge in [0.1, 0.15) is 0 Å². The van der Waals surface area contributed by atoms with Crippen LogP contribution in [0.15, 0.2) is 0 Å². The lowest BCUT2D eigenvalue weighted by molar-refractivity contribution is -0.155. The van der Waals surface area contributed by atoms with Gasteiger partial charge in [-0.2, -0.15) is 0 Å². The van der Waals surface area contributed by atoms with Crippen LogP contribution < -0.4 is 0 Å². The lowest BCUT2D eigenvalue weighted by atomic mass is 9.91. The Bertz CT molecular complexity index is 631. The first-order chi connectivity index (χ1) is 12.8. The highest BCUT2D eigenvalue weighted by Crippen LogP contribution is 2.27. The predicted octanol–water partition coefficient (Wildman–Crippen LogP) is -0.217. The van der Waals surface area contributed by atoms with Crippen LogP contribution >= 0.6 is 0 Å². The Morgan fingerprint density at radius 2 is 1.48 bits per heavy atom. The maximum absolute atomic E-state index is 12.9. The summed E-state index contributed by atoms with van der Waals surface area (Å²) in [5, 5.41) is 0. The van der Waals surface area contributed by atoms with Crippen molar-refractivity contribution in [1.82, 2.24) is 19.6 Å². The molecule has 0 spiro atoms. The molecule has 3 rings (SSSR count). The maximum atomic E-state index is 12.9. The molecular weight excluding hydrogens is 348 g/mol. The molecule has 150 valence electrons. The Hall–Kier alpha value is -2.12. The molecule has 0 saturated carbocycles. The van der Waals surface area contributed by atoms with E-state index in [2.05, 4.69) is 0 Å². The van der Waals surface area contributed by atoms with E-state index in [1.165, 1.54) is 0 Å². The third kappa shape index (κ3) is 3.94. The van der Waals surface area contributed by atoms with E-state index >= 15 is 0 Å². The summed E-state index contributed by atoms with van der Waals surface area (Å²) in [6.45, 7) is 4.81. The molecule has 0 aliphatic carbocycles. The summed E-state index contributed by atoms with van der Waals surface area (Å²) >= 11 is 0. The molecule has 8 nitrogen and oxygen atoms in total. The average Bonchev–Trinajstić information content (AvgIpc) is 2.61. The standard InChI is InChI=1S/C19H30N4O4/c1-4-23(19(27)14-6-8-21(3)17(25)10-14)15-11-22(12-15)18(26)13-5-7-20(2)16(24)9-13/h13-15H,4-12H2,1-3H3. The number of carbonyl (C=O) groups excluding carboxylic acids is 4. The van der Waals surface area contributed by atoms with Crippen molar-refractivity contribution in [1.29, 1.82) is 0 Å². The van der Waals surface area contributed by atoms with Gasteiger partial charge in [0.2, 0.25) is 23.6 Å². The van der Waals surface area contributed by atoms with Gasteiger partial charge in [-0.15, -0.1) is 0 Å². The number of piperidine rings is 2. The average molecular weight is 378 g/mol. The van der Waals surface area contributed by atoms with E-state index < -0.39 is 0 Å². The van der Waals surface area contributed by atoms with Crippen LogP contribution in [0.4, 0.5) is 0 Å². The topological polar surface area (TPSA) is 81.2 Å². The van der Waals surface area contributed by atoms with Gasteiger partial charge in [-0.1, -0.05) is 0 Å². The van der Waals surface area contributed by atoms with Crippen molar-refractivity contribution < 1.29 is 19.2 Å². The second-order valence-corrected chi connectivity index (χ2v) is 8.03. The maximum Gasteiger partial charge on any atom is 0.226 e. The smallest absolute Gasteiger partial charge is 0.226 e. The molecule has 0 bridgehead atoms. The van der Waals surface area contributed by atoms with Crippen LogP contribution in [0.2, 0.25) is 0 Å².